The first-order chi connectivity index (χ1) is 12.9. The van der Waals surface area contributed by atoms with E-state index in [0.29, 0.717) is 19.4 Å². The average molecular weight is 397 g/mol. The van der Waals surface area contributed by atoms with Gasteiger partial charge in [-0.1, -0.05) is 13.8 Å². The van der Waals surface area contributed by atoms with Gasteiger partial charge in [-0.15, -0.1) is 0 Å². The summed E-state index contributed by atoms with van der Waals surface area (Å²) in [5, 5.41) is 0. The summed E-state index contributed by atoms with van der Waals surface area (Å²) in [6.07, 6.45) is 4.43. The van der Waals surface area contributed by atoms with Crippen molar-refractivity contribution in [3.05, 3.63) is 18.2 Å². The van der Waals surface area contributed by atoms with Crippen LogP contribution in [0.25, 0.3) is 0 Å². The minimum atomic E-state index is -0.770. The Morgan fingerprint density at radius 2 is 1.96 bits per heavy atom. The van der Waals surface area contributed by atoms with Gasteiger partial charge in [-0.05, 0) is 27.2 Å². The smallest absolute Gasteiger partial charge is 0.323 e. The fraction of sp³-hybridized carbons (Fsp3) is 0.750. The van der Waals surface area contributed by atoms with Crippen LogP contribution in [0.1, 0.15) is 53.2 Å². The maximum atomic E-state index is 12.5. The number of H-pyrrole nitrogens is 1. The van der Waals surface area contributed by atoms with Crippen LogP contribution in [-0.2, 0) is 25.5 Å². The standard InChI is InChI=1S/C20H36N4O4/c1-8-20(5,28-18(26)16(21)9-15-11-22-13-23-15)14(2)12-27-19(3,4)10-17(25)24(6)7/h11,13-14,16H,8-10,12,21H2,1-7H3,(H,22,23). The predicted molar refractivity (Wildman–Crippen MR) is 108 cm³/mol. The Balaban J connectivity index is 2.64. The average Bonchev–Trinajstić information content (AvgIpc) is 3.11. The molecule has 0 spiro atoms. The number of aromatic nitrogens is 2. The summed E-state index contributed by atoms with van der Waals surface area (Å²) in [7, 11) is 3.45. The molecule has 8 heteroatoms. The van der Waals surface area contributed by atoms with Crippen LogP contribution in [0.15, 0.2) is 12.5 Å². The lowest BCUT2D eigenvalue weighted by Gasteiger charge is -2.37. The highest BCUT2D eigenvalue weighted by Crippen LogP contribution is 2.28. The molecule has 0 saturated carbocycles. The van der Waals surface area contributed by atoms with Crippen molar-refractivity contribution in [2.45, 2.75) is 71.1 Å². The van der Waals surface area contributed by atoms with Crippen molar-refractivity contribution in [2.75, 3.05) is 20.7 Å². The number of imidazole rings is 1. The molecule has 1 rings (SSSR count). The lowest BCUT2D eigenvalue weighted by molar-refractivity contribution is -0.171. The molecule has 0 aliphatic heterocycles. The van der Waals surface area contributed by atoms with Gasteiger partial charge >= 0.3 is 5.97 Å². The molecule has 160 valence electrons. The summed E-state index contributed by atoms with van der Waals surface area (Å²) >= 11 is 0. The van der Waals surface area contributed by atoms with Gasteiger partial charge in [0, 0.05) is 38.3 Å². The van der Waals surface area contributed by atoms with Crippen molar-refractivity contribution in [1.29, 1.82) is 0 Å². The molecule has 0 fully saturated rings. The third kappa shape index (κ3) is 7.24. The van der Waals surface area contributed by atoms with Gasteiger partial charge in [0.1, 0.15) is 11.6 Å². The first kappa shape index (κ1) is 24.1. The molecule has 3 unspecified atom stereocenters. The van der Waals surface area contributed by atoms with Gasteiger partial charge in [-0.2, -0.15) is 0 Å². The number of carbonyl (C=O) groups is 2. The predicted octanol–water partition coefficient (Wildman–Crippen LogP) is 1.90. The highest BCUT2D eigenvalue weighted by atomic mass is 16.6. The zero-order valence-electron chi connectivity index (χ0n) is 18.2. The normalized spacial score (nSPS) is 16.1. The summed E-state index contributed by atoms with van der Waals surface area (Å²) in [4.78, 5) is 32.9. The number of hydrogen-bond acceptors (Lipinski definition) is 6. The number of nitrogens with one attached hydrogen (secondary N) is 1. The summed E-state index contributed by atoms with van der Waals surface area (Å²) in [6.45, 7) is 9.96. The van der Waals surface area contributed by atoms with E-state index in [1.54, 1.807) is 31.5 Å². The highest BCUT2D eigenvalue weighted by molar-refractivity contribution is 5.76. The second kappa shape index (κ2) is 10.0. The molecule has 0 saturated heterocycles. The van der Waals surface area contributed by atoms with Gasteiger partial charge in [-0.25, -0.2) is 4.98 Å². The van der Waals surface area contributed by atoms with E-state index in [2.05, 4.69) is 9.97 Å². The number of carbonyl (C=O) groups excluding carboxylic acids is 2. The minimum Gasteiger partial charge on any atom is -0.458 e. The summed E-state index contributed by atoms with van der Waals surface area (Å²) < 4.78 is 11.8. The largest absolute Gasteiger partial charge is 0.458 e. The van der Waals surface area contributed by atoms with E-state index in [-0.39, 0.29) is 18.2 Å². The van der Waals surface area contributed by atoms with Crippen molar-refractivity contribution in [1.82, 2.24) is 14.9 Å². The Kier molecular flexibility index (Phi) is 8.63. The monoisotopic (exact) mass is 396 g/mol. The highest BCUT2D eigenvalue weighted by Gasteiger charge is 2.36. The number of nitrogens with two attached hydrogens (primary N) is 1. The Labute approximate surface area is 168 Å². The molecule has 1 aromatic heterocycles. The van der Waals surface area contributed by atoms with Crippen LogP contribution in [0.5, 0.6) is 0 Å². The van der Waals surface area contributed by atoms with Gasteiger partial charge in [-0.3, -0.25) is 9.59 Å². The van der Waals surface area contributed by atoms with Crippen LogP contribution >= 0.6 is 0 Å². The van der Waals surface area contributed by atoms with Gasteiger partial charge < -0.3 is 25.1 Å². The maximum Gasteiger partial charge on any atom is 0.323 e. The van der Waals surface area contributed by atoms with Crippen LogP contribution in [-0.4, -0.2) is 64.7 Å². The Morgan fingerprint density at radius 3 is 2.46 bits per heavy atom. The molecule has 1 heterocycles. The minimum absolute atomic E-state index is 0.00659. The van der Waals surface area contributed by atoms with E-state index in [9.17, 15) is 9.59 Å². The number of amides is 1. The maximum absolute atomic E-state index is 12.5. The summed E-state index contributed by atoms with van der Waals surface area (Å²) in [5.41, 5.74) is 5.46. The molecule has 0 radical (unpaired) electrons. The third-order valence-corrected chi connectivity index (χ3v) is 5.18. The Morgan fingerprint density at radius 1 is 1.32 bits per heavy atom. The first-order valence-corrected chi connectivity index (χ1v) is 9.70. The molecule has 0 aliphatic rings. The van der Waals surface area contributed by atoms with Crippen LogP contribution in [0.4, 0.5) is 0 Å². The van der Waals surface area contributed by atoms with E-state index >= 15 is 0 Å². The molecular formula is C20H36N4O4. The van der Waals surface area contributed by atoms with Crippen LogP contribution in [0.3, 0.4) is 0 Å². The first-order valence-electron chi connectivity index (χ1n) is 9.70. The Bertz CT molecular complexity index is 630. The van der Waals surface area contributed by atoms with Gasteiger partial charge in [0.2, 0.25) is 5.91 Å². The SMILES string of the molecule is CCC(C)(OC(=O)C(N)Cc1cnc[nH]1)C(C)COC(C)(C)CC(=O)N(C)C. The fourth-order valence-electron chi connectivity index (χ4n) is 2.64. The molecule has 0 aliphatic carbocycles. The molecule has 1 amide bonds. The zero-order chi connectivity index (χ0) is 21.5. The number of aromatic amines is 1. The Hall–Kier alpha value is -1.93. The molecule has 3 atom stereocenters. The lowest BCUT2D eigenvalue weighted by atomic mass is 9.88. The van der Waals surface area contributed by atoms with E-state index in [1.165, 1.54) is 0 Å². The molecule has 28 heavy (non-hydrogen) atoms. The van der Waals surface area contributed by atoms with Crippen LogP contribution in [0.2, 0.25) is 0 Å². The van der Waals surface area contributed by atoms with Gasteiger partial charge in [0.05, 0.1) is 25.0 Å². The number of rotatable bonds is 11. The summed E-state index contributed by atoms with van der Waals surface area (Å²) in [6, 6.07) is -0.770. The van der Waals surface area contributed by atoms with Crippen molar-refractivity contribution in [3.63, 3.8) is 0 Å². The second-order valence-electron chi connectivity index (χ2n) is 8.41. The van der Waals surface area contributed by atoms with E-state index < -0.39 is 23.2 Å². The third-order valence-electron chi connectivity index (χ3n) is 5.18. The quantitative estimate of drug-likeness (QED) is 0.553. The number of hydrogen-bond donors (Lipinski definition) is 2. The molecule has 0 aromatic carbocycles. The van der Waals surface area contributed by atoms with E-state index in [0.717, 1.165) is 5.69 Å². The van der Waals surface area contributed by atoms with E-state index in [4.69, 9.17) is 15.2 Å². The molecule has 8 nitrogen and oxygen atoms in total. The number of esters is 1. The fourth-order valence-corrected chi connectivity index (χ4v) is 2.64. The van der Waals surface area contributed by atoms with Crippen molar-refractivity contribution in [2.24, 2.45) is 11.7 Å². The van der Waals surface area contributed by atoms with Crippen molar-refractivity contribution in [3.8, 4) is 0 Å². The lowest BCUT2D eigenvalue weighted by Crippen LogP contribution is -2.46. The van der Waals surface area contributed by atoms with Crippen LogP contribution in [0, 0.1) is 5.92 Å². The number of nitrogens with zero attached hydrogens (tertiary/aromatic N) is 2. The van der Waals surface area contributed by atoms with Crippen molar-refractivity contribution < 1.29 is 19.1 Å². The molecule has 3 N–H and O–H groups in total. The molecule has 0 bridgehead atoms. The number of ether oxygens (including phenoxy) is 2. The van der Waals surface area contributed by atoms with E-state index in [1.807, 2.05) is 34.6 Å². The van der Waals surface area contributed by atoms with Crippen molar-refractivity contribution >= 4 is 11.9 Å². The van der Waals surface area contributed by atoms with Gasteiger partial charge in [0.25, 0.3) is 0 Å². The zero-order valence-corrected chi connectivity index (χ0v) is 18.2. The molecule has 1 aromatic rings. The molecular weight excluding hydrogens is 360 g/mol. The summed E-state index contributed by atoms with van der Waals surface area (Å²) in [5.74, 6) is -0.519. The topological polar surface area (TPSA) is 111 Å². The second-order valence-corrected chi connectivity index (χ2v) is 8.41. The van der Waals surface area contributed by atoms with Gasteiger partial charge in [0.15, 0.2) is 0 Å². The van der Waals surface area contributed by atoms with Crippen LogP contribution < -0.4 is 5.73 Å².